The van der Waals surface area contributed by atoms with Crippen LogP contribution in [0.4, 0.5) is 0 Å². The summed E-state index contributed by atoms with van der Waals surface area (Å²) in [6, 6.07) is 191. The van der Waals surface area contributed by atoms with Gasteiger partial charge in [0.15, 0.2) is 0 Å². The zero-order chi connectivity index (χ0) is 97.5. The van der Waals surface area contributed by atoms with Gasteiger partial charge in [-0.3, -0.25) is 18.3 Å². The second kappa shape index (κ2) is 38.0. The molecule has 8 aromatic heterocycles. The van der Waals surface area contributed by atoms with E-state index in [0.29, 0.717) is 23.8 Å². The van der Waals surface area contributed by atoms with Crippen molar-refractivity contribution in [1.29, 1.82) is 0 Å². The van der Waals surface area contributed by atoms with Crippen LogP contribution in [0, 0.1) is 0 Å². The molecular weight excluding hydrogens is 1790 g/mol. The average molecular weight is 1880 g/mol. The molecule has 0 bridgehead atoms. The summed E-state index contributed by atoms with van der Waals surface area (Å²) in [5.41, 5.74) is 29.5. The Labute approximate surface area is 847 Å². The van der Waals surface area contributed by atoms with Gasteiger partial charge in [-0.25, -0.2) is 39.9 Å². The van der Waals surface area contributed by atoms with Gasteiger partial charge in [0.05, 0.1) is 94.4 Å². The van der Waals surface area contributed by atoms with E-state index in [-0.39, 0.29) is 0 Å². The highest BCUT2D eigenvalue weighted by atomic mass is 15.2. The predicted octanol–water partition coefficient (Wildman–Crippen LogP) is 33.3. The van der Waals surface area contributed by atoms with Crippen molar-refractivity contribution >= 4 is 131 Å². The molecule has 0 fully saturated rings. The quantitative estimate of drug-likeness (QED) is 0.0987. The van der Waals surface area contributed by atoms with Crippen LogP contribution < -0.4 is 0 Å². The molecule has 8 heterocycles. The smallest absolute Gasteiger partial charge is 0.235 e. The van der Waals surface area contributed by atoms with Gasteiger partial charge in [0.25, 0.3) is 0 Å². The molecule has 0 radical (unpaired) electrons. The van der Waals surface area contributed by atoms with Gasteiger partial charge in [-0.1, -0.05) is 461 Å². The Hall–Kier alpha value is -19.8. The van der Waals surface area contributed by atoms with Crippen LogP contribution in [0.3, 0.4) is 0 Å². The van der Waals surface area contributed by atoms with Crippen molar-refractivity contribution in [1.82, 2.24) is 58.1 Å². The lowest BCUT2D eigenvalue weighted by Gasteiger charge is -2.37. The summed E-state index contributed by atoms with van der Waals surface area (Å²) in [6.07, 6.45) is 0. The molecule has 29 aromatic rings. The van der Waals surface area contributed by atoms with Gasteiger partial charge in [0.2, 0.25) is 23.8 Å². The van der Waals surface area contributed by atoms with Gasteiger partial charge in [-0.15, -0.1) is 0 Å². The molecule has 0 amide bonds. The lowest BCUT2D eigenvalue weighted by atomic mass is 9.65. The summed E-state index contributed by atoms with van der Waals surface area (Å²) in [4.78, 5) is 41.0. The molecule has 29 rings (SSSR count). The molecule has 12 nitrogen and oxygen atoms in total. The predicted molar refractivity (Wildman–Crippen MR) is 606 cm³/mol. The molecule has 0 unspecified atom stereocenters. The maximum atomic E-state index is 5.41. The number of rotatable bonds is 14. The van der Waals surface area contributed by atoms with Crippen LogP contribution in [0.25, 0.3) is 222 Å². The van der Waals surface area contributed by atoms with Crippen LogP contribution in [-0.4, -0.2) is 58.1 Å². The minimum atomic E-state index is -0.557. The lowest BCUT2D eigenvalue weighted by Crippen LogP contribution is -2.31. The number of para-hydroxylation sites is 12. The van der Waals surface area contributed by atoms with E-state index in [2.05, 4.69) is 504 Å². The minimum Gasteiger partial charge on any atom is -0.278 e. The Bertz CT molecular complexity index is 9690. The van der Waals surface area contributed by atoms with Gasteiger partial charge in [0.1, 0.15) is 0 Å². The van der Waals surface area contributed by atoms with Crippen molar-refractivity contribution in [2.45, 2.75) is 5.41 Å². The van der Waals surface area contributed by atoms with E-state index in [1.165, 1.54) is 87.6 Å². The van der Waals surface area contributed by atoms with E-state index in [1.807, 2.05) is 60.7 Å². The molecule has 0 atom stereocenters. The van der Waals surface area contributed by atoms with E-state index >= 15 is 0 Å². The topological polar surface area (TPSA) is 123 Å². The van der Waals surface area contributed by atoms with E-state index < -0.39 is 5.41 Å². The largest absolute Gasteiger partial charge is 0.278 e. The molecule has 12 heteroatoms. The van der Waals surface area contributed by atoms with Crippen molar-refractivity contribution in [2.75, 3.05) is 0 Å². The summed E-state index contributed by atoms with van der Waals surface area (Å²) in [5, 5.41) is 13.8. The fourth-order valence-corrected chi connectivity index (χ4v) is 21.6. The van der Waals surface area contributed by atoms with Crippen LogP contribution >= 0.6 is 0 Å². The molecule has 21 aromatic carbocycles. The number of fused-ring (bicyclic) bond motifs is 16. The van der Waals surface area contributed by atoms with Gasteiger partial charge >= 0.3 is 0 Å². The highest BCUT2D eigenvalue weighted by Gasteiger charge is 2.39. The Morgan fingerprint density at radius 1 is 0.122 bits per heavy atom. The first-order valence-corrected chi connectivity index (χ1v) is 49.6. The van der Waals surface area contributed by atoms with E-state index in [4.69, 9.17) is 39.9 Å². The van der Waals surface area contributed by atoms with Crippen LogP contribution in [-0.2, 0) is 5.41 Å². The summed E-state index contributed by atoms with van der Waals surface area (Å²) >= 11 is 0. The third-order valence-electron chi connectivity index (χ3n) is 28.2. The summed E-state index contributed by atoms with van der Waals surface area (Å²) < 4.78 is 8.73. The van der Waals surface area contributed by atoms with Gasteiger partial charge in [0, 0.05) is 86.9 Å². The minimum absolute atomic E-state index is 0.557. The van der Waals surface area contributed by atoms with Gasteiger partial charge in [-0.05, 0) is 129 Å². The normalized spacial score (nSPS) is 11.5. The summed E-state index contributed by atoms with van der Waals surface area (Å²) in [5.74, 6) is 2.72. The van der Waals surface area contributed by atoms with E-state index in [9.17, 15) is 0 Å². The van der Waals surface area contributed by atoms with Crippen LogP contribution in [0.5, 0.6) is 0 Å². The molecular formula is C135H90N12. The second-order valence-electron chi connectivity index (χ2n) is 36.7. The van der Waals surface area contributed by atoms with Gasteiger partial charge in [-0.2, -0.15) is 0 Å². The SMILES string of the molecule is c1ccc(-c2ccc(-c3nc(-n4c5ccccc5c5ccccc54)nc4ccccc34)cc2)cc1.c1ccc(-c2cccc(-c3nc(-n4c5ccccc5c5ccccc54)nc4ccccc34)c2)cc1.c1ccc(-c2nc(-n3c4ccccc4c4ccccc43)nc3ccccc23)cc1.c1ccc(C(c2ccccc2)(c2ccccc2)c2cccc(-c3nc(-n4c5ccccc5c5ccccc54)nc4ccccc34)c2)cc1. The third-order valence-corrected chi connectivity index (χ3v) is 28.2. The van der Waals surface area contributed by atoms with E-state index in [1.54, 1.807) is 0 Å². The Balaban J connectivity index is 0.000000101. The summed E-state index contributed by atoms with van der Waals surface area (Å²) in [7, 11) is 0. The second-order valence-corrected chi connectivity index (χ2v) is 36.7. The Morgan fingerprint density at radius 2 is 0.306 bits per heavy atom. The fraction of sp³-hybridized carbons (Fsp3) is 0.00741. The number of hydrogen-bond acceptors (Lipinski definition) is 8. The zero-order valence-corrected chi connectivity index (χ0v) is 79.8. The van der Waals surface area contributed by atoms with Crippen molar-refractivity contribution in [3.05, 3.63) is 568 Å². The Kier molecular flexibility index (Phi) is 22.6. The first-order valence-electron chi connectivity index (χ1n) is 49.6. The number of nitrogens with zero attached hydrogens (tertiary/aromatic N) is 12. The highest BCUT2D eigenvalue weighted by molar-refractivity contribution is 6.13. The molecule has 0 N–H and O–H groups in total. The molecule has 0 aliphatic carbocycles. The van der Waals surface area contributed by atoms with Crippen molar-refractivity contribution in [3.8, 4) is 91.1 Å². The maximum absolute atomic E-state index is 5.41. The molecule has 0 saturated heterocycles. The number of benzene rings is 21. The molecule has 0 saturated carbocycles. The monoisotopic (exact) mass is 1880 g/mol. The van der Waals surface area contributed by atoms with Crippen LogP contribution in [0.2, 0.25) is 0 Å². The first-order chi connectivity index (χ1) is 72.9. The van der Waals surface area contributed by atoms with Crippen LogP contribution in [0.1, 0.15) is 22.3 Å². The summed E-state index contributed by atoms with van der Waals surface area (Å²) in [6.45, 7) is 0. The van der Waals surface area contributed by atoms with Crippen molar-refractivity contribution < 1.29 is 0 Å². The number of aromatic nitrogens is 12. The molecule has 690 valence electrons. The fourth-order valence-electron chi connectivity index (χ4n) is 21.6. The van der Waals surface area contributed by atoms with Crippen molar-refractivity contribution in [2.24, 2.45) is 0 Å². The zero-order valence-electron chi connectivity index (χ0n) is 79.8. The standard InChI is InChI=1S/C45H31N3.2C32H21N3.C26H17N3/c1-4-18-33(19-5-1)45(34-20-6-2-7-21-34,35-22-8-3-9-23-35)36-24-16-17-32(31-36)43-39-27-10-13-28-40(39)46-44(47-43)48-41-29-14-11-25-37(41)38-26-12-15-30-42(38)48;1-2-11-22(12-3-1)23-13-10-14-24(21-23)31-27-17-4-7-18-28(27)33-32(34-31)35-29-19-8-5-15-25(29)26-16-6-9-20-30(26)35;1-2-10-22(11-3-1)23-18-20-24(21-19-23)31-27-14-4-7-15-28(27)33-32(34-31)35-29-16-8-5-12-25(29)26-13-6-9-17-30(26)35;1-2-10-18(11-3-1)25-21-14-4-7-15-22(21)27-26(28-25)29-23-16-8-5-12-19(23)20-13-6-9-17-24(20)29/h1-31H;2*1-21H;1-17H. The molecule has 0 aliphatic heterocycles. The van der Waals surface area contributed by atoms with Crippen molar-refractivity contribution in [3.63, 3.8) is 0 Å². The van der Waals surface area contributed by atoms with Gasteiger partial charge < -0.3 is 0 Å². The molecule has 147 heavy (non-hydrogen) atoms. The highest BCUT2D eigenvalue weighted by Crippen LogP contribution is 2.48. The lowest BCUT2D eigenvalue weighted by molar-refractivity contribution is 0.745. The first kappa shape index (κ1) is 87.4. The average Bonchev–Trinajstić information content (AvgIpc) is 1.72. The molecule has 0 spiro atoms. The third kappa shape index (κ3) is 15.9. The van der Waals surface area contributed by atoms with Crippen LogP contribution in [0.15, 0.2) is 546 Å². The number of hydrogen-bond donors (Lipinski definition) is 0. The van der Waals surface area contributed by atoms with E-state index in [0.717, 1.165) is 133 Å². The maximum Gasteiger partial charge on any atom is 0.235 e. The Morgan fingerprint density at radius 3 is 0.599 bits per heavy atom. The molecule has 0 aliphatic rings.